The normalized spacial score (nSPS) is 12.1. The van der Waals surface area contributed by atoms with Crippen molar-refractivity contribution in [3.8, 4) is 11.5 Å². The lowest BCUT2D eigenvalue weighted by Gasteiger charge is -2.17. The van der Waals surface area contributed by atoms with E-state index in [0.717, 1.165) is 10.9 Å². The van der Waals surface area contributed by atoms with Crippen LogP contribution in [0.4, 0.5) is 10.1 Å². The van der Waals surface area contributed by atoms with Gasteiger partial charge in [-0.05, 0) is 87.7 Å². The smallest absolute Gasteiger partial charge is 0.282 e. The van der Waals surface area contributed by atoms with Gasteiger partial charge in [0.05, 0.1) is 28.2 Å². The number of ether oxygens (including phenoxy) is 2. The van der Waals surface area contributed by atoms with Crippen molar-refractivity contribution in [2.45, 2.75) is 33.1 Å². The Bertz CT molecular complexity index is 1690. The van der Waals surface area contributed by atoms with E-state index in [-0.39, 0.29) is 18.1 Å². The number of nitrogens with zero attached hydrogens (tertiary/aromatic N) is 3. The first-order chi connectivity index (χ1) is 19.6. The molecule has 0 radical (unpaired) electrons. The maximum absolute atomic E-state index is 13.5. The molecule has 0 fully saturated rings. The van der Waals surface area contributed by atoms with E-state index in [4.69, 9.17) is 14.5 Å². The van der Waals surface area contributed by atoms with Crippen LogP contribution in [-0.4, -0.2) is 35.0 Å². The van der Waals surface area contributed by atoms with Gasteiger partial charge in [-0.3, -0.25) is 9.59 Å². The fourth-order valence-electron chi connectivity index (χ4n) is 3.90. The van der Waals surface area contributed by atoms with E-state index in [9.17, 15) is 14.0 Å². The van der Waals surface area contributed by atoms with Crippen LogP contribution in [0.1, 0.15) is 44.5 Å². The highest BCUT2D eigenvalue weighted by molar-refractivity contribution is 9.13. The summed E-state index contributed by atoms with van der Waals surface area (Å²) in [6.45, 7) is 5.82. The third-order valence-electron chi connectivity index (χ3n) is 6.11. The van der Waals surface area contributed by atoms with Gasteiger partial charge < -0.3 is 14.8 Å². The summed E-state index contributed by atoms with van der Waals surface area (Å²) in [6.07, 6.45) is 2.31. The van der Waals surface area contributed by atoms with Crippen LogP contribution in [0, 0.1) is 5.82 Å². The molecule has 0 spiro atoms. The van der Waals surface area contributed by atoms with Crippen molar-refractivity contribution in [3.05, 3.63) is 89.5 Å². The molecule has 41 heavy (non-hydrogen) atoms. The largest absolute Gasteiger partial charge is 0.490 e. The molecule has 0 bridgehead atoms. The van der Waals surface area contributed by atoms with Gasteiger partial charge in [0, 0.05) is 26.1 Å². The number of hydrogen-bond donors (Lipinski definition) is 1. The molecule has 1 N–H and O–H groups in total. The third-order valence-corrected chi connectivity index (χ3v) is 8.75. The minimum atomic E-state index is -0.473. The molecule has 214 valence electrons. The molecule has 12 heteroatoms. The number of rotatable bonds is 10. The van der Waals surface area contributed by atoms with Crippen molar-refractivity contribution in [1.29, 1.82) is 0 Å². The maximum Gasteiger partial charge on any atom is 0.282 e. The van der Waals surface area contributed by atoms with Crippen molar-refractivity contribution in [2.75, 3.05) is 18.5 Å². The number of hydrogen-bond acceptors (Lipinski definition) is 6. The number of anilines is 1. The number of amides is 1. The molecule has 4 rings (SSSR count). The van der Waals surface area contributed by atoms with Crippen LogP contribution in [0.15, 0.2) is 71.8 Å². The number of aromatic nitrogens is 2. The minimum Gasteiger partial charge on any atom is -0.490 e. The molecule has 0 aliphatic heterocycles. The Morgan fingerprint density at radius 2 is 1.90 bits per heavy atom. The number of halogens is 4. The lowest BCUT2D eigenvalue weighted by atomic mass is 10.1. The average molecular weight is 753 g/mol. The zero-order chi connectivity index (χ0) is 29.7. The Hall–Kier alpha value is -3.09. The number of nitrogens with one attached hydrogen (secondary N) is 1. The number of carbonyl (C=O) groups is 1. The van der Waals surface area contributed by atoms with E-state index < -0.39 is 11.7 Å². The van der Waals surface area contributed by atoms with Gasteiger partial charge in [0.25, 0.3) is 11.5 Å². The van der Waals surface area contributed by atoms with Gasteiger partial charge in [-0.2, -0.15) is 9.78 Å². The number of benzene rings is 3. The fourth-order valence-corrected chi connectivity index (χ4v) is 5.19. The SMILES string of the molecule is CCOc1cc(C=Nn2c([C@@H](C)CC)nc3ccc(Br)cc3c2=O)c(Br)c(Br)c1OCC(=O)Nc1cccc(F)c1. The van der Waals surface area contributed by atoms with Gasteiger partial charge in [-0.15, -0.1) is 0 Å². The summed E-state index contributed by atoms with van der Waals surface area (Å²) >= 11 is 10.5. The van der Waals surface area contributed by atoms with Crippen molar-refractivity contribution < 1.29 is 18.7 Å². The summed E-state index contributed by atoms with van der Waals surface area (Å²) in [5.74, 6) is 0.248. The van der Waals surface area contributed by atoms with Gasteiger partial charge in [0.1, 0.15) is 11.6 Å². The van der Waals surface area contributed by atoms with E-state index in [1.807, 2.05) is 26.8 Å². The Morgan fingerprint density at radius 1 is 1.12 bits per heavy atom. The molecule has 8 nitrogen and oxygen atoms in total. The van der Waals surface area contributed by atoms with Gasteiger partial charge in [-0.25, -0.2) is 9.37 Å². The van der Waals surface area contributed by atoms with Gasteiger partial charge >= 0.3 is 0 Å². The lowest BCUT2D eigenvalue weighted by Crippen LogP contribution is -2.23. The molecule has 1 amide bonds. The second-order valence-electron chi connectivity index (χ2n) is 9.00. The minimum absolute atomic E-state index is 0.0173. The molecule has 3 aromatic carbocycles. The van der Waals surface area contributed by atoms with Crippen LogP contribution >= 0.6 is 47.8 Å². The first-order valence-electron chi connectivity index (χ1n) is 12.7. The van der Waals surface area contributed by atoms with Crippen molar-refractivity contribution in [1.82, 2.24) is 9.66 Å². The Labute approximate surface area is 261 Å². The first-order valence-corrected chi connectivity index (χ1v) is 15.1. The standard InChI is InChI=1S/C29H26Br3FN4O4/c1-4-16(3)28-36-22-10-9-18(30)12-21(22)29(39)37(28)34-14-17-11-23(40-5-2)27(26(32)25(17)31)41-15-24(38)35-20-8-6-7-19(33)13-20/h6-14,16H,4-5,15H2,1-3H3,(H,35,38)/t16-/m0/s1. The van der Waals surface area contributed by atoms with Crippen LogP contribution < -0.4 is 20.3 Å². The molecule has 4 aromatic rings. The fraction of sp³-hybridized carbons (Fsp3) is 0.241. The van der Waals surface area contributed by atoms with E-state index in [2.05, 4.69) is 58.2 Å². The van der Waals surface area contributed by atoms with Gasteiger partial charge in [0.15, 0.2) is 18.1 Å². The van der Waals surface area contributed by atoms with E-state index in [0.29, 0.717) is 55.0 Å². The summed E-state index contributed by atoms with van der Waals surface area (Å²) in [4.78, 5) is 30.7. The van der Waals surface area contributed by atoms with Crippen molar-refractivity contribution in [2.24, 2.45) is 5.10 Å². The van der Waals surface area contributed by atoms with Crippen molar-refractivity contribution >= 4 is 76.5 Å². The first kappa shape index (κ1) is 30.9. The molecule has 0 saturated carbocycles. The monoisotopic (exact) mass is 750 g/mol. The molecular formula is C29H26Br3FN4O4. The molecule has 1 aromatic heterocycles. The Morgan fingerprint density at radius 3 is 2.61 bits per heavy atom. The molecule has 0 saturated heterocycles. The second kappa shape index (κ2) is 13.7. The zero-order valence-electron chi connectivity index (χ0n) is 22.4. The topological polar surface area (TPSA) is 94.8 Å². The quantitative estimate of drug-likeness (QED) is 0.168. The van der Waals surface area contributed by atoms with Crippen LogP contribution in [0.5, 0.6) is 11.5 Å². The molecule has 1 atom stereocenters. The molecular weight excluding hydrogens is 727 g/mol. The van der Waals surface area contributed by atoms with E-state index in [1.54, 1.807) is 24.3 Å². The molecule has 1 heterocycles. The highest BCUT2D eigenvalue weighted by Gasteiger charge is 2.20. The van der Waals surface area contributed by atoms with E-state index in [1.165, 1.54) is 29.1 Å². The predicted molar refractivity (Wildman–Crippen MR) is 169 cm³/mol. The maximum atomic E-state index is 13.5. The van der Waals surface area contributed by atoms with E-state index >= 15 is 0 Å². The zero-order valence-corrected chi connectivity index (χ0v) is 27.1. The summed E-state index contributed by atoms with van der Waals surface area (Å²) in [7, 11) is 0. The van der Waals surface area contributed by atoms with Gasteiger partial charge in [-0.1, -0.05) is 35.8 Å². The number of carbonyl (C=O) groups excluding carboxylic acids is 1. The lowest BCUT2D eigenvalue weighted by molar-refractivity contribution is -0.118. The summed E-state index contributed by atoms with van der Waals surface area (Å²) < 4.78 is 28.2. The summed E-state index contributed by atoms with van der Waals surface area (Å²) in [5.41, 5.74) is 1.23. The van der Waals surface area contributed by atoms with Crippen molar-refractivity contribution in [3.63, 3.8) is 0 Å². The third kappa shape index (κ3) is 7.22. The molecule has 0 aliphatic rings. The summed E-state index contributed by atoms with van der Waals surface area (Å²) in [5, 5.41) is 7.58. The Kier molecular flexibility index (Phi) is 10.3. The highest BCUT2D eigenvalue weighted by Crippen LogP contribution is 2.42. The highest BCUT2D eigenvalue weighted by atomic mass is 79.9. The van der Waals surface area contributed by atoms with Crippen LogP contribution in [0.2, 0.25) is 0 Å². The van der Waals surface area contributed by atoms with Gasteiger partial charge in [0.2, 0.25) is 0 Å². The second-order valence-corrected chi connectivity index (χ2v) is 11.5. The average Bonchev–Trinajstić information content (AvgIpc) is 2.94. The molecule has 0 aliphatic carbocycles. The predicted octanol–water partition coefficient (Wildman–Crippen LogP) is 7.64. The van der Waals surface area contributed by atoms with Crippen LogP contribution in [-0.2, 0) is 4.79 Å². The van der Waals surface area contributed by atoms with Crippen LogP contribution in [0.25, 0.3) is 10.9 Å². The Balaban J connectivity index is 1.67. The van der Waals surface area contributed by atoms with Crippen LogP contribution in [0.3, 0.4) is 0 Å². The molecule has 0 unspecified atom stereocenters. The number of fused-ring (bicyclic) bond motifs is 1. The summed E-state index contributed by atoms with van der Waals surface area (Å²) in [6, 6.07) is 12.7.